The van der Waals surface area contributed by atoms with Gasteiger partial charge in [-0.15, -0.1) is 0 Å². The molecule has 0 aromatic heterocycles. The summed E-state index contributed by atoms with van der Waals surface area (Å²) < 4.78 is 32.8. The highest BCUT2D eigenvalue weighted by molar-refractivity contribution is 7.89. The first-order valence-electron chi connectivity index (χ1n) is 11.4. The molecule has 182 valence electrons. The molecule has 1 amide bonds. The van der Waals surface area contributed by atoms with Crippen molar-refractivity contribution in [3.05, 3.63) is 89.5 Å². The van der Waals surface area contributed by atoms with Gasteiger partial charge in [0.15, 0.2) is 5.78 Å². The van der Waals surface area contributed by atoms with Gasteiger partial charge in [0, 0.05) is 24.2 Å². The van der Waals surface area contributed by atoms with Crippen LogP contribution in [-0.4, -0.2) is 44.6 Å². The minimum absolute atomic E-state index is 0.0774. The number of hydrogen-bond donors (Lipinski definition) is 1. The van der Waals surface area contributed by atoms with E-state index in [-0.39, 0.29) is 23.1 Å². The molecule has 0 spiro atoms. The zero-order valence-corrected chi connectivity index (χ0v) is 20.5. The molecule has 35 heavy (non-hydrogen) atoms. The van der Waals surface area contributed by atoms with Crippen molar-refractivity contribution in [1.29, 1.82) is 0 Å². The fraction of sp³-hybridized carbons (Fsp3) is 0.259. The largest absolute Gasteiger partial charge is 0.497 e. The van der Waals surface area contributed by atoms with E-state index in [1.807, 2.05) is 19.1 Å². The third kappa shape index (κ3) is 5.44. The number of rotatable bonds is 7. The Morgan fingerprint density at radius 1 is 1.00 bits per heavy atom. The second-order valence-electron chi connectivity index (χ2n) is 8.61. The molecule has 0 aliphatic carbocycles. The summed E-state index contributed by atoms with van der Waals surface area (Å²) in [6.45, 7) is 2.31. The number of carbonyl (C=O) groups is 2. The number of benzene rings is 3. The van der Waals surface area contributed by atoms with Crippen LogP contribution in [0.1, 0.15) is 34.3 Å². The number of amides is 1. The highest BCUT2D eigenvalue weighted by atomic mass is 32.2. The molecule has 0 radical (unpaired) electrons. The maximum Gasteiger partial charge on any atom is 0.243 e. The minimum Gasteiger partial charge on any atom is -0.497 e. The number of anilines is 1. The summed E-state index contributed by atoms with van der Waals surface area (Å²) in [4.78, 5) is 26.5. The summed E-state index contributed by atoms with van der Waals surface area (Å²) >= 11 is 0. The van der Waals surface area contributed by atoms with Crippen LogP contribution in [0, 0.1) is 12.8 Å². The molecule has 1 saturated heterocycles. The molecule has 1 atom stereocenters. The van der Waals surface area contributed by atoms with Gasteiger partial charge >= 0.3 is 0 Å². The highest BCUT2D eigenvalue weighted by Gasteiger charge is 2.33. The second-order valence-corrected chi connectivity index (χ2v) is 10.5. The van der Waals surface area contributed by atoms with Crippen LogP contribution in [0.15, 0.2) is 77.7 Å². The molecule has 0 saturated carbocycles. The van der Waals surface area contributed by atoms with Gasteiger partial charge in [-0.05, 0) is 56.2 Å². The van der Waals surface area contributed by atoms with E-state index in [9.17, 15) is 18.0 Å². The van der Waals surface area contributed by atoms with Gasteiger partial charge in [0.25, 0.3) is 0 Å². The third-order valence-electron chi connectivity index (χ3n) is 6.17. The monoisotopic (exact) mass is 492 g/mol. The van der Waals surface area contributed by atoms with E-state index in [1.54, 1.807) is 48.5 Å². The number of ether oxygens (including phenoxy) is 1. The van der Waals surface area contributed by atoms with E-state index >= 15 is 0 Å². The average molecular weight is 493 g/mol. The van der Waals surface area contributed by atoms with Crippen molar-refractivity contribution in [2.24, 2.45) is 5.92 Å². The number of ketones is 1. The SMILES string of the molecule is COc1ccc(S(=O)(=O)N2CCCC(C(=O)Nc3ccc(C)cc3C(=O)c3ccccc3)C2)cc1. The maximum atomic E-state index is 13.2. The lowest BCUT2D eigenvalue weighted by Gasteiger charge is -2.31. The molecule has 7 nitrogen and oxygen atoms in total. The molecule has 1 aliphatic rings. The molecule has 4 rings (SSSR count). The van der Waals surface area contributed by atoms with Gasteiger partial charge in [0.05, 0.1) is 23.6 Å². The smallest absolute Gasteiger partial charge is 0.243 e. The van der Waals surface area contributed by atoms with Crippen LogP contribution in [0.5, 0.6) is 5.75 Å². The standard InChI is InChI=1S/C27H28N2O5S/c1-19-10-15-25(24(17-19)26(30)20-7-4-3-5-8-20)28-27(31)21-9-6-16-29(18-21)35(32,33)23-13-11-22(34-2)12-14-23/h3-5,7-8,10-15,17,21H,6,9,16,18H2,1-2H3,(H,28,31). The summed E-state index contributed by atoms with van der Waals surface area (Å²) in [6.07, 6.45) is 1.13. The molecular weight excluding hydrogens is 464 g/mol. The number of piperidine rings is 1. The van der Waals surface area contributed by atoms with Gasteiger partial charge in [-0.3, -0.25) is 9.59 Å². The second kappa shape index (κ2) is 10.4. The van der Waals surface area contributed by atoms with Crippen molar-refractivity contribution in [2.75, 3.05) is 25.5 Å². The van der Waals surface area contributed by atoms with Gasteiger partial charge in [-0.1, -0.05) is 42.0 Å². The molecule has 8 heteroatoms. The van der Waals surface area contributed by atoms with Gasteiger partial charge in [0.1, 0.15) is 5.75 Å². The van der Waals surface area contributed by atoms with E-state index in [2.05, 4.69) is 5.32 Å². The van der Waals surface area contributed by atoms with Crippen LogP contribution in [0.25, 0.3) is 0 Å². The lowest BCUT2D eigenvalue weighted by Crippen LogP contribution is -2.43. The van der Waals surface area contributed by atoms with Gasteiger partial charge in [-0.25, -0.2) is 8.42 Å². The Kier molecular flexibility index (Phi) is 7.33. The Hall–Kier alpha value is -3.49. The predicted molar refractivity (Wildman–Crippen MR) is 134 cm³/mol. The fourth-order valence-corrected chi connectivity index (χ4v) is 5.73. The molecule has 1 N–H and O–H groups in total. The van der Waals surface area contributed by atoms with Crippen LogP contribution in [0.2, 0.25) is 0 Å². The Balaban J connectivity index is 1.52. The molecule has 3 aromatic rings. The van der Waals surface area contributed by atoms with E-state index in [4.69, 9.17) is 4.74 Å². The van der Waals surface area contributed by atoms with Crippen molar-refractivity contribution in [2.45, 2.75) is 24.7 Å². The van der Waals surface area contributed by atoms with Gasteiger partial charge < -0.3 is 10.1 Å². The van der Waals surface area contributed by atoms with E-state index < -0.39 is 15.9 Å². The van der Waals surface area contributed by atoms with Crippen LogP contribution in [-0.2, 0) is 14.8 Å². The maximum absolute atomic E-state index is 13.2. The van der Waals surface area contributed by atoms with E-state index in [1.165, 1.54) is 23.5 Å². The first-order valence-corrected chi connectivity index (χ1v) is 12.9. The number of aryl methyl sites for hydroxylation is 1. The lowest BCUT2D eigenvalue weighted by molar-refractivity contribution is -0.120. The van der Waals surface area contributed by atoms with Crippen molar-refractivity contribution in [3.8, 4) is 5.75 Å². The summed E-state index contributed by atoms with van der Waals surface area (Å²) in [6, 6.07) is 20.4. The first-order chi connectivity index (χ1) is 16.8. The lowest BCUT2D eigenvalue weighted by atomic mass is 9.97. The van der Waals surface area contributed by atoms with Crippen molar-refractivity contribution < 1.29 is 22.7 Å². The van der Waals surface area contributed by atoms with Crippen molar-refractivity contribution in [1.82, 2.24) is 4.31 Å². The number of sulfonamides is 1. The zero-order chi connectivity index (χ0) is 25.0. The normalized spacial score (nSPS) is 16.5. The Bertz CT molecular complexity index is 1320. The van der Waals surface area contributed by atoms with Crippen LogP contribution in [0.4, 0.5) is 5.69 Å². The molecule has 1 unspecified atom stereocenters. The zero-order valence-electron chi connectivity index (χ0n) is 19.7. The summed E-state index contributed by atoms with van der Waals surface area (Å²) in [5, 5.41) is 2.89. The van der Waals surface area contributed by atoms with Gasteiger partial charge in [-0.2, -0.15) is 4.31 Å². The average Bonchev–Trinajstić information content (AvgIpc) is 2.89. The number of hydrogen-bond acceptors (Lipinski definition) is 5. The van der Waals surface area contributed by atoms with Crippen LogP contribution >= 0.6 is 0 Å². The van der Waals surface area contributed by atoms with Crippen molar-refractivity contribution >= 4 is 27.4 Å². The summed E-state index contributed by atoms with van der Waals surface area (Å²) in [5.41, 5.74) is 2.26. The fourth-order valence-electron chi connectivity index (χ4n) is 4.21. The molecule has 1 aliphatic heterocycles. The number of carbonyl (C=O) groups excluding carboxylic acids is 2. The van der Waals surface area contributed by atoms with E-state index in [0.29, 0.717) is 42.0 Å². The van der Waals surface area contributed by atoms with E-state index in [0.717, 1.165) is 5.56 Å². The first kappa shape index (κ1) is 24.6. The number of nitrogens with zero attached hydrogens (tertiary/aromatic N) is 1. The van der Waals surface area contributed by atoms with Crippen LogP contribution < -0.4 is 10.1 Å². The molecule has 3 aromatic carbocycles. The Labute approximate surface area is 205 Å². The number of methoxy groups -OCH3 is 1. The topological polar surface area (TPSA) is 92.8 Å². The van der Waals surface area contributed by atoms with Crippen LogP contribution in [0.3, 0.4) is 0 Å². The molecule has 1 heterocycles. The molecule has 1 fully saturated rings. The highest BCUT2D eigenvalue weighted by Crippen LogP contribution is 2.27. The number of nitrogens with one attached hydrogen (secondary N) is 1. The Morgan fingerprint density at radius 3 is 2.40 bits per heavy atom. The third-order valence-corrected chi connectivity index (χ3v) is 8.05. The Morgan fingerprint density at radius 2 is 1.71 bits per heavy atom. The van der Waals surface area contributed by atoms with Crippen molar-refractivity contribution in [3.63, 3.8) is 0 Å². The predicted octanol–water partition coefficient (Wildman–Crippen LogP) is 4.27. The molecule has 0 bridgehead atoms. The minimum atomic E-state index is -3.75. The molecular formula is C27H28N2O5S. The van der Waals surface area contributed by atoms with Gasteiger partial charge in [0.2, 0.25) is 15.9 Å². The summed E-state index contributed by atoms with van der Waals surface area (Å²) in [7, 11) is -2.23. The summed E-state index contributed by atoms with van der Waals surface area (Å²) in [5.74, 6) is -0.445. The quantitative estimate of drug-likeness (QED) is 0.497.